The summed E-state index contributed by atoms with van der Waals surface area (Å²) in [5.74, 6) is 0. The second kappa shape index (κ2) is 5.69. The quantitative estimate of drug-likeness (QED) is 0.673. The number of rotatable bonds is 4. The third-order valence-electron chi connectivity index (χ3n) is 3.05. The van der Waals surface area contributed by atoms with Crippen molar-refractivity contribution in [3.8, 4) is 0 Å². The molecule has 112 valence electrons. The third-order valence-corrected chi connectivity index (χ3v) is 3.05. The number of aryl methyl sites for hydroxylation is 1. The van der Waals surface area contributed by atoms with Crippen molar-refractivity contribution in [3.63, 3.8) is 0 Å². The molecule has 0 bridgehead atoms. The highest BCUT2D eigenvalue weighted by Gasteiger charge is 2.36. The van der Waals surface area contributed by atoms with Crippen molar-refractivity contribution >= 4 is 11.0 Å². The Morgan fingerprint density at radius 2 is 2.19 bits per heavy atom. The lowest BCUT2D eigenvalue weighted by atomic mass is 10.1. The monoisotopic (exact) mass is 297 g/mol. The van der Waals surface area contributed by atoms with Gasteiger partial charge in [0.25, 0.3) is 5.56 Å². The minimum atomic E-state index is -4.70. The first-order chi connectivity index (χ1) is 9.84. The molecule has 0 aliphatic heterocycles. The van der Waals surface area contributed by atoms with Crippen molar-refractivity contribution in [1.29, 1.82) is 0 Å². The predicted molar refractivity (Wildman–Crippen MR) is 74.0 cm³/mol. The molecule has 0 atom stereocenters. The van der Waals surface area contributed by atoms with Crippen LogP contribution in [0.2, 0.25) is 0 Å². The van der Waals surface area contributed by atoms with Crippen molar-refractivity contribution in [2.45, 2.75) is 19.6 Å². The smallest absolute Gasteiger partial charge is 0.320 e. The number of hydrogen-bond acceptors (Lipinski definition) is 3. The van der Waals surface area contributed by atoms with Gasteiger partial charge in [-0.1, -0.05) is 6.08 Å². The average Bonchev–Trinajstić information content (AvgIpc) is 2.37. The standard InChI is InChI=1S/C14H14F3N3O/c1-3-4-18-6-9-5-10-12(19-7-9)8(2)11(13(21)20-10)14(15,16)17/h3,5,7,18H,1,4,6H2,2H3,(H,20,21). The number of H-pyrrole nitrogens is 1. The number of hydrogen-bond donors (Lipinski definition) is 2. The van der Waals surface area contributed by atoms with Gasteiger partial charge in [0.05, 0.1) is 11.0 Å². The zero-order valence-electron chi connectivity index (χ0n) is 11.3. The first-order valence-electron chi connectivity index (χ1n) is 6.25. The zero-order valence-corrected chi connectivity index (χ0v) is 11.3. The van der Waals surface area contributed by atoms with E-state index in [1.54, 1.807) is 12.1 Å². The average molecular weight is 297 g/mol. The molecule has 0 fully saturated rings. The maximum atomic E-state index is 12.9. The Bertz CT molecular complexity index is 735. The van der Waals surface area contributed by atoms with E-state index in [2.05, 4.69) is 21.9 Å². The van der Waals surface area contributed by atoms with Crippen LogP contribution in [-0.4, -0.2) is 16.5 Å². The summed E-state index contributed by atoms with van der Waals surface area (Å²) in [4.78, 5) is 17.9. The molecule has 0 amide bonds. The fourth-order valence-electron chi connectivity index (χ4n) is 2.13. The largest absolute Gasteiger partial charge is 0.422 e. The van der Waals surface area contributed by atoms with Crippen molar-refractivity contribution in [2.24, 2.45) is 0 Å². The van der Waals surface area contributed by atoms with Crippen LogP contribution >= 0.6 is 0 Å². The molecule has 2 N–H and O–H groups in total. The number of halogens is 3. The van der Waals surface area contributed by atoms with Gasteiger partial charge in [0.1, 0.15) is 5.56 Å². The maximum Gasteiger partial charge on any atom is 0.422 e. The van der Waals surface area contributed by atoms with Crippen molar-refractivity contribution < 1.29 is 13.2 Å². The number of aromatic nitrogens is 2. The van der Waals surface area contributed by atoms with E-state index in [-0.39, 0.29) is 11.1 Å². The number of alkyl halides is 3. The van der Waals surface area contributed by atoms with Gasteiger partial charge in [-0.2, -0.15) is 13.2 Å². The summed E-state index contributed by atoms with van der Waals surface area (Å²) in [5.41, 5.74) is -1.30. The summed E-state index contributed by atoms with van der Waals surface area (Å²) < 4.78 is 38.6. The van der Waals surface area contributed by atoms with Crippen LogP contribution in [0.5, 0.6) is 0 Å². The van der Waals surface area contributed by atoms with Crippen LogP contribution in [0, 0.1) is 6.92 Å². The molecule has 2 rings (SSSR count). The second-order valence-electron chi connectivity index (χ2n) is 4.61. The van der Waals surface area contributed by atoms with Gasteiger partial charge < -0.3 is 10.3 Å². The van der Waals surface area contributed by atoms with Crippen LogP contribution in [-0.2, 0) is 12.7 Å². The summed E-state index contributed by atoms with van der Waals surface area (Å²) in [5, 5.41) is 3.05. The van der Waals surface area contributed by atoms with Crippen LogP contribution in [0.25, 0.3) is 11.0 Å². The molecule has 7 heteroatoms. The maximum absolute atomic E-state index is 12.9. The lowest BCUT2D eigenvalue weighted by molar-refractivity contribution is -0.139. The summed E-state index contributed by atoms with van der Waals surface area (Å²) in [6.07, 6.45) is -1.52. The number of fused-ring (bicyclic) bond motifs is 1. The second-order valence-corrected chi connectivity index (χ2v) is 4.61. The highest BCUT2D eigenvalue weighted by Crippen LogP contribution is 2.31. The topological polar surface area (TPSA) is 57.8 Å². The highest BCUT2D eigenvalue weighted by atomic mass is 19.4. The number of aromatic amines is 1. The minimum absolute atomic E-state index is 0.148. The molecule has 0 aromatic carbocycles. The summed E-state index contributed by atoms with van der Waals surface area (Å²) >= 11 is 0. The van der Waals surface area contributed by atoms with Crippen molar-refractivity contribution in [3.05, 3.63) is 52.0 Å². The molecule has 0 aliphatic carbocycles. The van der Waals surface area contributed by atoms with E-state index in [0.717, 1.165) is 5.56 Å². The van der Waals surface area contributed by atoms with Crippen molar-refractivity contribution in [1.82, 2.24) is 15.3 Å². The third kappa shape index (κ3) is 3.13. The normalized spacial score (nSPS) is 11.8. The number of pyridine rings is 2. The Morgan fingerprint density at radius 1 is 1.48 bits per heavy atom. The first-order valence-corrected chi connectivity index (χ1v) is 6.25. The SMILES string of the molecule is C=CCNCc1cnc2c(C)c(C(F)(F)F)c(=O)[nH]c2c1. The van der Waals surface area contributed by atoms with Gasteiger partial charge in [-0.25, -0.2) is 0 Å². The first kappa shape index (κ1) is 15.2. The fourth-order valence-corrected chi connectivity index (χ4v) is 2.13. The molecule has 0 spiro atoms. The molecule has 0 aliphatic rings. The molecular weight excluding hydrogens is 283 g/mol. The number of nitrogens with one attached hydrogen (secondary N) is 2. The lowest BCUT2D eigenvalue weighted by Crippen LogP contribution is -2.24. The van der Waals surface area contributed by atoms with Crippen LogP contribution in [0.1, 0.15) is 16.7 Å². The number of nitrogens with zero attached hydrogens (tertiary/aromatic N) is 1. The molecule has 2 heterocycles. The van der Waals surface area contributed by atoms with Gasteiger partial charge >= 0.3 is 6.18 Å². The molecular formula is C14H14F3N3O. The van der Waals surface area contributed by atoms with Crippen LogP contribution in [0.3, 0.4) is 0 Å². The molecule has 0 radical (unpaired) electrons. The Labute approximate surface area is 118 Å². The highest BCUT2D eigenvalue weighted by molar-refractivity contribution is 5.79. The van der Waals surface area contributed by atoms with E-state index in [1.165, 1.54) is 13.1 Å². The predicted octanol–water partition coefficient (Wildman–Crippen LogP) is 2.53. The molecule has 0 saturated heterocycles. The summed E-state index contributed by atoms with van der Waals surface area (Å²) in [6, 6.07) is 1.62. The Hall–Kier alpha value is -2.15. The van der Waals surface area contributed by atoms with Gasteiger partial charge in [-0.15, -0.1) is 6.58 Å². The van der Waals surface area contributed by atoms with Gasteiger partial charge in [0.15, 0.2) is 0 Å². The van der Waals surface area contributed by atoms with Crippen LogP contribution in [0.15, 0.2) is 29.7 Å². The lowest BCUT2D eigenvalue weighted by Gasteiger charge is -2.11. The Kier molecular flexibility index (Phi) is 4.13. The zero-order chi connectivity index (χ0) is 15.6. The van der Waals surface area contributed by atoms with E-state index in [9.17, 15) is 18.0 Å². The van der Waals surface area contributed by atoms with E-state index in [4.69, 9.17) is 0 Å². The molecule has 2 aromatic heterocycles. The van der Waals surface area contributed by atoms with Gasteiger partial charge in [-0.3, -0.25) is 9.78 Å². The van der Waals surface area contributed by atoms with Gasteiger partial charge in [-0.05, 0) is 24.1 Å². The minimum Gasteiger partial charge on any atom is -0.320 e. The van der Waals surface area contributed by atoms with Gasteiger partial charge in [0, 0.05) is 19.3 Å². The van der Waals surface area contributed by atoms with Crippen LogP contribution < -0.4 is 10.9 Å². The molecule has 2 aromatic rings. The van der Waals surface area contributed by atoms with Crippen molar-refractivity contribution in [2.75, 3.05) is 6.54 Å². The van der Waals surface area contributed by atoms with E-state index in [0.29, 0.717) is 18.6 Å². The molecule has 4 nitrogen and oxygen atoms in total. The molecule has 0 unspecified atom stereocenters. The molecule has 0 saturated carbocycles. The Balaban J connectivity index is 2.51. The van der Waals surface area contributed by atoms with E-state index < -0.39 is 17.3 Å². The van der Waals surface area contributed by atoms with E-state index >= 15 is 0 Å². The van der Waals surface area contributed by atoms with E-state index in [1.807, 2.05) is 0 Å². The molecule has 21 heavy (non-hydrogen) atoms. The fraction of sp³-hybridized carbons (Fsp3) is 0.286. The van der Waals surface area contributed by atoms with Gasteiger partial charge in [0.2, 0.25) is 0 Å². The summed E-state index contributed by atoms with van der Waals surface area (Å²) in [7, 11) is 0. The van der Waals surface area contributed by atoms with Crippen LogP contribution in [0.4, 0.5) is 13.2 Å². The Morgan fingerprint density at radius 3 is 2.81 bits per heavy atom. The summed E-state index contributed by atoms with van der Waals surface area (Å²) in [6.45, 7) is 5.90.